The van der Waals surface area contributed by atoms with Crippen molar-refractivity contribution < 1.29 is 34.6 Å². The van der Waals surface area contributed by atoms with Crippen molar-refractivity contribution in [3.05, 3.63) is 5.32 Å². The zero-order chi connectivity index (χ0) is 12.3. The van der Waals surface area contributed by atoms with Crippen LogP contribution in [0.4, 0.5) is 0 Å². The van der Waals surface area contributed by atoms with Gasteiger partial charge in [0, 0.05) is 0 Å². The first kappa shape index (κ1) is 16.6. The van der Waals surface area contributed by atoms with Gasteiger partial charge in [0.25, 0.3) is 5.97 Å². The number of carbonyl (C=O) groups excluding carboxylic acids is 2. The normalized spacial score (nSPS) is 8.27. The number of halogens is 1. The summed E-state index contributed by atoms with van der Waals surface area (Å²) in [6.45, 7) is -1.12. The molecule has 0 saturated heterocycles. The molecule has 0 unspecified atom stereocenters. The molecule has 0 atom stereocenters. The van der Waals surface area contributed by atoms with Crippen molar-refractivity contribution in [2.24, 2.45) is 5.73 Å². The molecule has 15 heavy (non-hydrogen) atoms. The molecule has 2 amide bonds. The Morgan fingerprint density at radius 3 is 2.33 bits per heavy atom. The molecule has 7 nitrogen and oxygen atoms in total. The molecule has 0 heterocycles. The third-order valence-corrected chi connectivity index (χ3v) is 1.01. The van der Waals surface area contributed by atoms with Gasteiger partial charge in [0.15, 0.2) is 0 Å². The first-order valence-electron chi connectivity index (χ1n) is 3.56. The maximum atomic E-state index is 10.7. The number of nitrogens with zero attached hydrogens (tertiary/aromatic N) is 1. The Hall–Kier alpha value is -0.821. The Labute approximate surface area is 98.8 Å². The number of carbonyl (C=O) groups is 3. The average Bonchev–Trinajstić information content (AvgIpc) is 2.25. The molecule has 0 aliphatic heterocycles. The minimum absolute atomic E-state index is 0.216. The van der Waals surface area contributed by atoms with Crippen LogP contribution in [0.25, 0.3) is 5.32 Å². The summed E-state index contributed by atoms with van der Waals surface area (Å²) in [5.41, 5.74) is 4.93. The Kier molecular flexibility index (Phi) is 12.5. The predicted octanol–water partition coefficient (Wildman–Crippen LogP) is -1.27. The number of carboxylic acid groups (broad SMARTS) is 1. The second-order valence-electron chi connectivity index (χ2n) is 2.08. The maximum absolute atomic E-state index is 10.7. The molecule has 0 rings (SSSR count). The molecule has 9 heteroatoms. The van der Waals surface area contributed by atoms with Crippen LogP contribution in [0.1, 0.15) is 0 Å². The number of hydrogen-bond acceptors (Lipinski definition) is 4. The summed E-state index contributed by atoms with van der Waals surface area (Å²) in [4.78, 5) is 31.1. The van der Waals surface area contributed by atoms with Crippen molar-refractivity contribution in [3.63, 3.8) is 0 Å². The van der Waals surface area contributed by atoms with E-state index in [-0.39, 0.29) is 13.1 Å². The fourth-order valence-electron chi connectivity index (χ4n) is 0.458. The number of carboxylic acids is 1. The van der Waals surface area contributed by atoms with Crippen LogP contribution in [0, 0.1) is 0 Å². The second kappa shape index (κ2) is 11.3. The van der Waals surface area contributed by atoms with Crippen LogP contribution in [0.5, 0.6) is 0 Å². The quantitative estimate of drug-likeness (QED) is 0.544. The van der Waals surface area contributed by atoms with Gasteiger partial charge in [-0.1, -0.05) is 0 Å². The second-order valence-corrected chi connectivity index (χ2v) is 2.08. The Morgan fingerprint density at radius 2 is 1.93 bits per heavy atom. The van der Waals surface area contributed by atoms with Crippen LogP contribution in [0.3, 0.4) is 0 Å². The zero-order valence-electron chi connectivity index (χ0n) is 7.50. The molecule has 0 saturated carbocycles. The van der Waals surface area contributed by atoms with E-state index in [1.54, 1.807) is 0 Å². The van der Waals surface area contributed by atoms with Gasteiger partial charge in [0.1, 0.15) is 0 Å². The van der Waals surface area contributed by atoms with Crippen LogP contribution in [-0.4, -0.2) is 42.5 Å². The number of hydrogen-bond donors (Lipinski definition) is 3. The van der Waals surface area contributed by atoms with Gasteiger partial charge in [-0.15, -0.1) is 0 Å². The average molecular weight is 287 g/mol. The molecule has 0 aromatic carbocycles. The van der Waals surface area contributed by atoms with Gasteiger partial charge < -0.3 is 26.3 Å². The van der Waals surface area contributed by atoms with Crippen molar-refractivity contribution in [1.82, 2.24) is 5.32 Å². The fourth-order valence-corrected chi connectivity index (χ4v) is 0.458. The van der Waals surface area contributed by atoms with Gasteiger partial charge >= 0.3 is 25.2 Å². The fraction of sp³-hybridized carbons (Fsp3) is 0.500. The minimum atomic E-state index is -1.20. The Balaban J connectivity index is 0. The van der Waals surface area contributed by atoms with Gasteiger partial charge in [-0.05, 0) is 6.54 Å². The number of nitrogens with two attached hydrogens (primary N) is 1. The summed E-state index contributed by atoms with van der Waals surface area (Å²) >= 11 is 3.66. The summed E-state index contributed by atoms with van der Waals surface area (Å²) in [6, 6.07) is 0. The number of nitrogens with one attached hydrogen (secondary N) is 1. The van der Waals surface area contributed by atoms with E-state index in [1.165, 1.54) is 0 Å². The molecule has 91 valence electrons. The molecule has 0 spiro atoms. The van der Waals surface area contributed by atoms with E-state index in [2.05, 4.69) is 35.8 Å². The van der Waals surface area contributed by atoms with Gasteiger partial charge in [-0.25, -0.2) is 0 Å². The van der Waals surface area contributed by atoms with Gasteiger partial charge in [0.05, 0.1) is 19.0 Å². The summed E-state index contributed by atoms with van der Waals surface area (Å²) < 4.78 is 0. The summed E-state index contributed by atoms with van der Waals surface area (Å²) in [7, 11) is 4.20. The van der Waals surface area contributed by atoms with Crippen molar-refractivity contribution in [3.8, 4) is 0 Å². The third kappa shape index (κ3) is 13.2. The van der Waals surface area contributed by atoms with Crippen LogP contribution < -0.4 is 11.1 Å². The van der Waals surface area contributed by atoms with Crippen molar-refractivity contribution in [2.45, 2.75) is 0 Å². The first-order chi connectivity index (χ1) is 7.06. The SMILES string of the molecule is NCC(=O)NCC(=O)[N-]CC(=O)O.[Cl][Cu+]. The van der Waals surface area contributed by atoms with E-state index in [9.17, 15) is 14.4 Å². The molecule has 0 bridgehead atoms. The van der Waals surface area contributed by atoms with Crippen molar-refractivity contribution >= 4 is 27.9 Å². The molecule has 4 N–H and O–H groups in total. The number of rotatable bonds is 5. The van der Waals surface area contributed by atoms with E-state index in [0.29, 0.717) is 0 Å². The first-order valence-corrected chi connectivity index (χ1v) is 4.86. The molecular weight excluding hydrogens is 277 g/mol. The summed E-state index contributed by atoms with van der Waals surface area (Å²) in [6.07, 6.45) is 0. The van der Waals surface area contributed by atoms with Gasteiger partial charge in [0.2, 0.25) is 5.91 Å². The predicted molar refractivity (Wildman–Crippen MR) is 48.8 cm³/mol. The molecule has 0 aromatic rings. The van der Waals surface area contributed by atoms with Gasteiger partial charge in [-0.3, -0.25) is 9.59 Å². The van der Waals surface area contributed by atoms with Crippen LogP contribution >= 0.6 is 10.1 Å². The zero-order valence-corrected chi connectivity index (χ0v) is 9.19. The number of amides is 2. The van der Waals surface area contributed by atoms with E-state index in [0.717, 1.165) is 0 Å². The van der Waals surface area contributed by atoms with E-state index in [1.807, 2.05) is 0 Å². The van der Waals surface area contributed by atoms with Crippen LogP contribution in [0.15, 0.2) is 0 Å². The molecule has 0 radical (unpaired) electrons. The molecule has 0 fully saturated rings. The van der Waals surface area contributed by atoms with Crippen molar-refractivity contribution in [1.29, 1.82) is 0 Å². The van der Waals surface area contributed by atoms with Crippen LogP contribution in [0.2, 0.25) is 0 Å². The topological polar surface area (TPSA) is 124 Å². The van der Waals surface area contributed by atoms with Crippen molar-refractivity contribution in [2.75, 3.05) is 19.6 Å². The van der Waals surface area contributed by atoms with Crippen LogP contribution in [-0.2, 0) is 29.5 Å². The molecular formula is C6H10ClCuN3O4. The molecule has 0 aliphatic rings. The molecule has 0 aromatic heterocycles. The van der Waals surface area contributed by atoms with E-state index in [4.69, 9.17) is 10.8 Å². The number of aliphatic carboxylic acids is 1. The molecule has 0 aliphatic carbocycles. The Bertz CT molecular complexity index is 226. The monoisotopic (exact) mass is 286 g/mol. The van der Waals surface area contributed by atoms with Gasteiger partial charge in [-0.2, -0.15) is 0 Å². The third-order valence-electron chi connectivity index (χ3n) is 1.01. The summed E-state index contributed by atoms with van der Waals surface area (Å²) in [5.74, 6) is -2.37. The Morgan fingerprint density at radius 1 is 1.40 bits per heavy atom. The summed E-state index contributed by atoms with van der Waals surface area (Å²) in [5, 5.41) is 13.4. The van der Waals surface area contributed by atoms with E-state index < -0.39 is 24.3 Å². The standard InChI is InChI=1S/C6H11N3O4.ClH.Cu/c7-1-4(10)8-2-5(11)9-3-6(12)13;;/h1-3,7H2,(H3,8,9,10,11,12,13);1H;/q;;+2/p-2. The van der Waals surface area contributed by atoms with E-state index >= 15 is 0 Å².